The molecule has 17 heavy (non-hydrogen) atoms. The number of halogens is 1. The van der Waals surface area contributed by atoms with Gasteiger partial charge in [0, 0.05) is 24.3 Å². The van der Waals surface area contributed by atoms with Crippen LogP contribution in [0.2, 0.25) is 0 Å². The van der Waals surface area contributed by atoms with E-state index in [9.17, 15) is 4.39 Å². The average Bonchev–Trinajstić information content (AvgIpc) is 2.38. The summed E-state index contributed by atoms with van der Waals surface area (Å²) in [6.45, 7) is 2.52. The molecule has 2 rings (SSSR count). The second-order valence-corrected chi connectivity index (χ2v) is 3.95. The molecule has 0 aliphatic heterocycles. The van der Waals surface area contributed by atoms with Crippen molar-refractivity contribution in [2.24, 2.45) is 0 Å². The zero-order valence-corrected chi connectivity index (χ0v) is 9.73. The molecular formula is C14H15FN2. The molecule has 0 spiro atoms. The Balaban J connectivity index is 1.97. The van der Waals surface area contributed by atoms with Gasteiger partial charge in [-0.15, -0.1) is 0 Å². The highest BCUT2D eigenvalue weighted by molar-refractivity contribution is 5.17. The van der Waals surface area contributed by atoms with E-state index in [4.69, 9.17) is 0 Å². The van der Waals surface area contributed by atoms with E-state index in [-0.39, 0.29) is 11.9 Å². The lowest BCUT2D eigenvalue weighted by Crippen LogP contribution is -2.19. The van der Waals surface area contributed by atoms with E-state index in [1.54, 1.807) is 18.3 Å². The first-order chi connectivity index (χ1) is 8.27. The summed E-state index contributed by atoms with van der Waals surface area (Å²) in [4.78, 5) is 4.26. The molecule has 3 heteroatoms. The maximum Gasteiger partial charge on any atom is 0.127 e. The first-order valence-corrected chi connectivity index (χ1v) is 5.65. The van der Waals surface area contributed by atoms with E-state index < -0.39 is 0 Å². The van der Waals surface area contributed by atoms with Gasteiger partial charge in [-0.25, -0.2) is 4.39 Å². The number of benzene rings is 1. The lowest BCUT2D eigenvalue weighted by molar-refractivity contribution is 0.536. The Bertz CT molecular complexity index is 471. The van der Waals surface area contributed by atoms with E-state index in [0.29, 0.717) is 12.1 Å². The minimum atomic E-state index is -0.173. The summed E-state index contributed by atoms with van der Waals surface area (Å²) < 4.78 is 13.4. The molecule has 1 aromatic heterocycles. The van der Waals surface area contributed by atoms with Crippen molar-refractivity contribution in [3.63, 3.8) is 0 Å². The van der Waals surface area contributed by atoms with Crippen LogP contribution in [0.5, 0.6) is 0 Å². The third-order valence-corrected chi connectivity index (χ3v) is 2.69. The van der Waals surface area contributed by atoms with Crippen molar-refractivity contribution in [3.8, 4) is 0 Å². The van der Waals surface area contributed by atoms with E-state index in [1.165, 1.54) is 6.07 Å². The van der Waals surface area contributed by atoms with Crippen molar-refractivity contribution >= 4 is 0 Å². The molecule has 0 fully saturated rings. The molecule has 0 radical (unpaired) electrons. The fourth-order valence-corrected chi connectivity index (χ4v) is 1.64. The van der Waals surface area contributed by atoms with Gasteiger partial charge in [-0.3, -0.25) is 4.98 Å². The summed E-state index contributed by atoms with van der Waals surface area (Å²) in [5, 5.41) is 3.25. The Labute approximate surface area is 101 Å². The molecule has 1 heterocycles. The molecule has 0 saturated carbocycles. The maximum absolute atomic E-state index is 13.4. The van der Waals surface area contributed by atoms with Gasteiger partial charge in [-0.2, -0.15) is 0 Å². The highest BCUT2D eigenvalue weighted by Gasteiger charge is 2.06. The first kappa shape index (κ1) is 11.7. The number of hydrogen-bond acceptors (Lipinski definition) is 2. The molecule has 2 aromatic rings. The zero-order chi connectivity index (χ0) is 12.1. The van der Waals surface area contributed by atoms with Gasteiger partial charge in [0.2, 0.25) is 0 Å². The Hall–Kier alpha value is -1.74. The molecule has 0 amide bonds. The van der Waals surface area contributed by atoms with Crippen molar-refractivity contribution in [1.29, 1.82) is 0 Å². The van der Waals surface area contributed by atoms with Gasteiger partial charge in [-0.05, 0) is 25.1 Å². The van der Waals surface area contributed by atoms with Crippen LogP contribution in [0.1, 0.15) is 24.2 Å². The van der Waals surface area contributed by atoms with Crippen molar-refractivity contribution in [2.75, 3.05) is 0 Å². The molecule has 88 valence electrons. The number of nitrogens with zero attached hydrogens (tertiary/aromatic N) is 1. The number of aromatic nitrogens is 1. The SMILES string of the molecule is CC(NCc1ccccc1F)c1ccccn1. The number of pyridine rings is 1. The Morgan fingerprint density at radius 1 is 1.18 bits per heavy atom. The minimum Gasteiger partial charge on any atom is -0.305 e. The van der Waals surface area contributed by atoms with E-state index >= 15 is 0 Å². The molecule has 0 bridgehead atoms. The highest BCUT2D eigenvalue weighted by Crippen LogP contribution is 2.11. The number of nitrogens with one attached hydrogen (secondary N) is 1. The van der Waals surface area contributed by atoms with Crippen LogP contribution in [-0.2, 0) is 6.54 Å². The fourth-order valence-electron chi connectivity index (χ4n) is 1.64. The van der Waals surface area contributed by atoms with Crippen LogP contribution < -0.4 is 5.32 Å². The largest absolute Gasteiger partial charge is 0.305 e. The van der Waals surface area contributed by atoms with Crippen LogP contribution in [0.15, 0.2) is 48.7 Å². The summed E-state index contributed by atoms with van der Waals surface area (Å²) in [5.74, 6) is -0.173. The van der Waals surface area contributed by atoms with Crippen molar-refractivity contribution < 1.29 is 4.39 Å². The van der Waals surface area contributed by atoms with Gasteiger partial charge in [0.05, 0.1) is 5.69 Å². The van der Waals surface area contributed by atoms with Crippen LogP contribution in [0.25, 0.3) is 0 Å². The molecule has 0 saturated heterocycles. The third-order valence-electron chi connectivity index (χ3n) is 2.69. The first-order valence-electron chi connectivity index (χ1n) is 5.65. The quantitative estimate of drug-likeness (QED) is 0.873. The summed E-state index contributed by atoms with van der Waals surface area (Å²) in [6, 6.07) is 12.7. The van der Waals surface area contributed by atoms with Crippen molar-refractivity contribution in [2.45, 2.75) is 19.5 Å². The van der Waals surface area contributed by atoms with Crippen molar-refractivity contribution in [1.82, 2.24) is 10.3 Å². The predicted molar refractivity (Wildman–Crippen MR) is 65.9 cm³/mol. The van der Waals surface area contributed by atoms with Gasteiger partial charge >= 0.3 is 0 Å². The van der Waals surface area contributed by atoms with Gasteiger partial charge in [0.1, 0.15) is 5.82 Å². The number of rotatable bonds is 4. The van der Waals surface area contributed by atoms with Gasteiger partial charge in [0.25, 0.3) is 0 Å². The Morgan fingerprint density at radius 3 is 2.65 bits per heavy atom. The zero-order valence-electron chi connectivity index (χ0n) is 9.73. The van der Waals surface area contributed by atoms with Crippen LogP contribution in [0, 0.1) is 5.82 Å². The molecule has 2 nitrogen and oxygen atoms in total. The fraction of sp³-hybridized carbons (Fsp3) is 0.214. The summed E-state index contributed by atoms with van der Waals surface area (Å²) in [7, 11) is 0. The monoisotopic (exact) mass is 230 g/mol. The lowest BCUT2D eigenvalue weighted by Gasteiger charge is -2.13. The molecule has 0 aliphatic carbocycles. The second kappa shape index (κ2) is 5.55. The van der Waals surface area contributed by atoms with E-state index in [0.717, 1.165) is 5.69 Å². The maximum atomic E-state index is 13.4. The average molecular weight is 230 g/mol. The summed E-state index contributed by atoms with van der Waals surface area (Å²) in [6.07, 6.45) is 1.76. The van der Waals surface area contributed by atoms with Crippen LogP contribution in [0.3, 0.4) is 0 Å². The van der Waals surface area contributed by atoms with Crippen LogP contribution in [0.4, 0.5) is 4.39 Å². The molecular weight excluding hydrogens is 215 g/mol. The molecule has 1 aromatic carbocycles. The van der Waals surface area contributed by atoms with E-state index in [1.807, 2.05) is 31.2 Å². The van der Waals surface area contributed by atoms with E-state index in [2.05, 4.69) is 10.3 Å². The minimum absolute atomic E-state index is 0.107. The standard InChI is InChI=1S/C14H15FN2/c1-11(14-8-4-5-9-16-14)17-10-12-6-2-3-7-13(12)15/h2-9,11,17H,10H2,1H3. The van der Waals surface area contributed by atoms with Gasteiger partial charge < -0.3 is 5.32 Å². The van der Waals surface area contributed by atoms with Gasteiger partial charge in [0.15, 0.2) is 0 Å². The third kappa shape index (κ3) is 3.11. The molecule has 1 atom stereocenters. The van der Waals surface area contributed by atoms with Crippen LogP contribution in [-0.4, -0.2) is 4.98 Å². The number of hydrogen-bond donors (Lipinski definition) is 1. The lowest BCUT2D eigenvalue weighted by atomic mass is 10.1. The molecule has 1 unspecified atom stereocenters. The normalized spacial score (nSPS) is 12.4. The highest BCUT2D eigenvalue weighted by atomic mass is 19.1. The van der Waals surface area contributed by atoms with Crippen molar-refractivity contribution in [3.05, 3.63) is 65.7 Å². The topological polar surface area (TPSA) is 24.9 Å². The predicted octanol–water partition coefficient (Wildman–Crippen LogP) is 3.07. The Morgan fingerprint density at radius 2 is 1.94 bits per heavy atom. The Kier molecular flexibility index (Phi) is 3.83. The van der Waals surface area contributed by atoms with Gasteiger partial charge in [-0.1, -0.05) is 24.3 Å². The smallest absolute Gasteiger partial charge is 0.127 e. The van der Waals surface area contributed by atoms with Crippen LogP contribution >= 0.6 is 0 Å². The molecule has 0 aliphatic rings. The summed E-state index contributed by atoms with van der Waals surface area (Å²) >= 11 is 0. The summed E-state index contributed by atoms with van der Waals surface area (Å²) in [5.41, 5.74) is 1.64. The molecule has 1 N–H and O–H groups in total. The second-order valence-electron chi connectivity index (χ2n) is 3.95.